The number of ether oxygens (including phenoxy) is 2. The van der Waals surface area contributed by atoms with Crippen LogP contribution in [0.4, 0.5) is 0 Å². The molecule has 2 aromatic carbocycles. The Hall–Kier alpha value is -1.04. The molecule has 5 heteroatoms. The van der Waals surface area contributed by atoms with Gasteiger partial charge >= 0.3 is 0 Å². The molecule has 21 heavy (non-hydrogen) atoms. The second-order valence-electron chi connectivity index (χ2n) is 5.00. The lowest BCUT2D eigenvalue weighted by Crippen LogP contribution is -2.18. The lowest BCUT2D eigenvalue weighted by atomic mass is 9.95. The highest BCUT2D eigenvalue weighted by molar-refractivity contribution is 9.10. The molecule has 0 amide bonds. The zero-order chi connectivity index (χ0) is 15.0. The van der Waals surface area contributed by atoms with Crippen LogP contribution in [0, 0.1) is 6.92 Å². The van der Waals surface area contributed by atoms with Gasteiger partial charge in [-0.1, -0.05) is 37.9 Å². The van der Waals surface area contributed by atoms with Gasteiger partial charge in [-0.3, -0.25) is 0 Å². The summed E-state index contributed by atoms with van der Waals surface area (Å²) in [5.74, 6) is 1.51. The van der Waals surface area contributed by atoms with Gasteiger partial charge in [0, 0.05) is 8.95 Å². The number of halogens is 2. The smallest absolute Gasteiger partial charge is 0.162 e. The largest absolute Gasteiger partial charge is 0.486 e. The van der Waals surface area contributed by atoms with Crippen LogP contribution in [0.25, 0.3) is 0 Å². The molecular weight excluding hydrogens is 398 g/mol. The van der Waals surface area contributed by atoms with E-state index in [4.69, 9.17) is 15.2 Å². The van der Waals surface area contributed by atoms with Crippen molar-refractivity contribution < 1.29 is 9.47 Å². The normalized spacial score (nSPS) is 14.9. The van der Waals surface area contributed by atoms with E-state index in [9.17, 15) is 0 Å². The van der Waals surface area contributed by atoms with E-state index in [-0.39, 0.29) is 6.04 Å². The van der Waals surface area contributed by atoms with Crippen LogP contribution in [-0.2, 0) is 0 Å². The average molecular weight is 413 g/mol. The van der Waals surface area contributed by atoms with Crippen LogP contribution >= 0.6 is 31.9 Å². The molecule has 2 aromatic rings. The van der Waals surface area contributed by atoms with Crippen molar-refractivity contribution in [3.63, 3.8) is 0 Å². The van der Waals surface area contributed by atoms with Gasteiger partial charge in [0.15, 0.2) is 11.5 Å². The summed E-state index contributed by atoms with van der Waals surface area (Å²) in [6.45, 7) is 3.21. The summed E-state index contributed by atoms with van der Waals surface area (Å²) in [6.07, 6.45) is 0. The highest BCUT2D eigenvalue weighted by atomic mass is 79.9. The van der Waals surface area contributed by atoms with Crippen molar-refractivity contribution in [2.24, 2.45) is 5.73 Å². The quantitative estimate of drug-likeness (QED) is 0.797. The molecule has 1 atom stereocenters. The second kappa shape index (κ2) is 5.99. The van der Waals surface area contributed by atoms with Crippen LogP contribution in [0.3, 0.4) is 0 Å². The Kier molecular flexibility index (Phi) is 4.24. The maximum absolute atomic E-state index is 6.47. The third-order valence-electron chi connectivity index (χ3n) is 3.57. The molecule has 0 fully saturated rings. The molecule has 3 nitrogen and oxygen atoms in total. The van der Waals surface area contributed by atoms with E-state index >= 15 is 0 Å². The highest BCUT2D eigenvalue weighted by Gasteiger charge is 2.20. The van der Waals surface area contributed by atoms with E-state index in [0.717, 1.165) is 37.1 Å². The Bertz CT molecular complexity index is 688. The zero-order valence-electron chi connectivity index (χ0n) is 11.5. The van der Waals surface area contributed by atoms with Crippen molar-refractivity contribution in [1.82, 2.24) is 0 Å². The molecule has 1 aliphatic heterocycles. The van der Waals surface area contributed by atoms with Gasteiger partial charge in [0.2, 0.25) is 0 Å². The minimum atomic E-state index is -0.229. The van der Waals surface area contributed by atoms with Gasteiger partial charge in [0.25, 0.3) is 0 Å². The van der Waals surface area contributed by atoms with E-state index in [1.807, 2.05) is 18.2 Å². The van der Waals surface area contributed by atoms with Crippen molar-refractivity contribution in [2.45, 2.75) is 13.0 Å². The minimum Gasteiger partial charge on any atom is -0.486 e. The summed E-state index contributed by atoms with van der Waals surface area (Å²) in [6, 6.07) is 9.80. The van der Waals surface area contributed by atoms with Gasteiger partial charge in [-0.15, -0.1) is 0 Å². The van der Waals surface area contributed by atoms with Crippen LogP contribution in [0.15, 0.2) is 39.3 Å². The monoisotopic (exact) mass is 411 g/mol. The van der Waals surface area contributed by atoms with Crippen molar-refractivity contribution in [1.29, 1.82) is 0 Å². The van der Waals surface area contributed by atoms with Gasteiger partial charge in [0.05, 0.1) is 6.04 Å². The first kappa shape index (κ1) is 14.9. The fraction of sp³-hybridized carbons (Fsp3) is 0.250. The summed E-state index contributed by atoms with van der Waals surface area (Å²) in [4.78, 5) is 0. The van der Waals surface area contributed by atoms with Crippen LogP contribution < -0.4 is 15.2 Å². The van der Waals surface area contributed by atoms with Crippen LogP contribution in [0.1, 0.15) is 22.7 Å². The van der Waals surface area contributed by atoms with Crippen molar-refractivity contribution >= 4 is 31.9 Å². The van der Waals surface area contributed by atoms with E-state index < -0.39 is 0 Å². The molecule has 0 spiro atoms. The SMILES string of the molecule is Cc1ccc(Br)cc1C(N)c1cc2c(cc1Br)OCCO2. The van der Waals surface area contributed by atoms with Gasteiger partial charge in [-0.05, 0) is 47.9 Å². The summed E-state index contributed by atoms with van der Waals surface area (Å²) >= 11 is 7.09. The van der Waals surface area contributed by atoms with Crippen LogP contribution in [0.5, 0.6) is 11.5 Å². The number of nitrogens with two attached hydrogens (primary N) is 1. The minimum absolute atomic E-state index is 0.229. The van der Waals surface area contributed by atoms with E-state index in [1.165, 1.54) is 0 Å². The molecule has 2 N–H and O–H groups in total. The first-order valence-corrected chi connectivity index (χ1v) is 8.25. The van der Waals surface area contributed by atoms with E-state index in [0.29, 0.717) is 13.2 Å². The Morgan fingerprint density at radius 3 is 2.38 bits per heavy atom. The predicted octanol–water partition coefficient (Wildman–Crippen LogP) is 4.34. The lowest BCUT2D eigenvalue weighted by molar-refractivity contribution is 0.171. The molecule has 0 radical (unpaired) electrons. The molecule has 0 aromatic heterocycles. The topological polar surface area (TPSA) is 44.5 Å². The lowest BCUT2D eigenvalue weighted by Gasteiger charge is -2.23. The van der Waals surface area contributed by atoms with Gasteiger partial charge in [-0.25, -0.2) is 0 Å². The molecule has 110 valence electrons. The Morgan fingerprint density at radius 2 is 1.67 bits per heavy atom. The number of aryl methyl sites for hydroxylation is 1. The molecule has 0 saturated carbocycles. The second-order valence-corrected chi connectivity index (χ2v) is 6.77. The number of hydrogen-bond donors (Lipinski definition) is 1. The van der Waals surface area contributed by atoms with Crippen LogP contribution in [0.2, 0.25) is 0 Å². The Morgan fingerprint density at radius 1 is 1.00 bits per heavy atom. The fourth-order valence-corrected chi connectivity index (χ4v) is 3.38. The summed E-state index contributed by atoms with van der Waals surface area (Å²) in [5, 5.41) is 0. The van der Waals surface area contributed by atoms with Gasteiger partial charge < -0.3 is 15.2 Å². The van der Waals surface area contributed by atoms with Crippen molar-refractivity contribution in [2.75, 3.05) is 13.2 Å². The third kappa shape index (κ3) is 2.96. The molecular formula is C16H15Br2NO2. The predicted molar refractivity (Wildman–Crippen MR) is 90.0 cm³/mol. The van der Waals surface area contributed by atoms with Crippen molar-refractivity contribution in [3.8, 4) is 11.5 Å². The molecule has 0 bridgehead atoms. The summed E-state index contributed by atoms with van der Waals surface area (Å²) in [7, 11) is 0. The van der Waals surface area contributed by atoms with Gasteiger partial charge in [-0.2, -0.15) is 0 Å². The average Bonchev–Trinajstić information content (AvgIpc) is 2.48. The maximum atomic E-state index is 6.47. The first-order chi connectivity index (χ1) is 10.1. The van der Waals surface area contributed by atoms with E-state index in [2.05, 4.69) is 50.9 Å². The molecule has 0 saturated heterocycles. The van der Waals surface area contributed by atoms with Crippen LogP contribution in [-0.4, -0.2) is 13.2 Å². The maximum Gasteiger partial charge on any atom is 0.162 e. The molecule has 1 heterocycles. The zero-order valence-corrected chi connectivity index (χ0v) is 14.7. The first-order valence-electron chi connectivity index (χ1n) is 6.67. The molecule has 3 rings (SSSR count). The van der Waals surface area contributed by atoms with Crippen molar-refractivity contribution in [3.05, 3.63) is 56.0 Å². The number of fused-ring (bicyclic) bond motifs is 1. The number of hydrogen-bond acceptors (Lipinski definition) is 3. The number of benzene rings is 2. The Balaban J connectivity index is 2.05. The molecule has 1 aliphatic rings. The fourth-order valence-electron chi connectivity index (χ4n) is 2.43. The molecule has 0 aliphatic carbocycles. The highest BCUT2D eigenvalue weighted by Crippen LogP contribution is 2.39. The third-order valence-corrected chi connectivity index (χ3v) is 4.75. The van der Waals surface area contributed by atoms with Gasteiger partial charge in [0.1, 0.15) is 13.2 Å². The standard InChI is InChI=1S/C16H15Br2NO2/c1-9-2-3-10(17)6-11(9)16(19)12-7-14-15(8-13(12)18)21-5-4-20-14/h2-3,6-8,16H,4-5,19H2,1H3. The van der Waals surface area contributed by atoms with E-state index in [1.54, 1.807) is 0 Å². The molecule has 1 unspecified atom stereocenters. The summed E-state index contributed by atoms with van der Waals surface area (Å²) in [5.41, 5.74) is 9.70. The number of rotatable bonds is 2. The summed E-state index contributed by atoms with van der Waals surface area (Å²) < 4.78 is 13.2. The Labute approximate surface area is 140 Å².